The average molecular weight is 312 g/mol. The molecule has 1 aliphatic rings. The number of nitrogens with one attached hydrogen (secondary N) is 2. The van der Waals surface area contributed by atoms with Gasteiger partial charge in [0.2, 0.25) is 0 Å². The van der Waals surface area contributed by atoms with Crippen molar-refractivity contribution in [1.82, 2.24) is 10.3 Å². The Kier molecular flexibility index (Phi) is 4.13. The molecule has 23 heavy (non-hydrogen) atoms. The minimum atomic E-state index is -0.332. The quantitative estimate of drug-likeness (QED) is 0.851. The van der Waals surface area contributed by atoms with Gasteiger partial charge < -0.3 is 19.6 Å². The molecule has 122 valence electrons. The summed E-state index contributed by atoms with van der Waals surface area (Å²) in [5.74, 6) is 0. The Morgan fingerprint density at radius 2 is 1.87 bits per heavy atom. The van der Waals surface area contributed by atoms with Gasteiger partial charge in [0.1, 0.15) is 0 Å². The summed E-state index contributed by atoms with van der Waals surface area (Å²) in [7, 11) is 1.61. The molecule has 0 atom stereocenters. The molecule has 1 aliphatic heterocycles. The number of benzene rings is 1. The monoisotopic (exact) mass is 312 g/mol. The first-order chi connectivity index (χ1) is 10.8. The predicted molar refractivity (Wildman–Crippen MR) is 96.3 cm³/mol. The zero-order valence-corrected chi connectivity index (χ0v) is 14.6. The van der Waals surface area contributed by atoms with Crippen LogP contribution in [0.3, 0.4) is 0 Å². The zero-order valence-electron chi connectivity index (χ0n) is 14.6. The van der Waals surface area contributed by atoms with Crippen LogP contribution in [-0.2, 0) is 9.31 Å². The van der Waals surface area contributed by atoms with Gasteiger partial charge in [0.15, 0.2) is 0 Å². The van der Waals surface area contributed by atoms with Crippen LogP contribution >= 0.6 is 0 Å². The van der Waals surface area contributed by atoms with E-state index in [0.717, 1.165) is 17.5 Å². The Morgan fingerprint density at radius 3 is 2.52 bits per heavy atom. The Balaban J connectivity index is 1.98. The number of rotatable bonds is 4. The Morgan fingerprint density at radius 1 is 1.17 bits per heavy atom. The normalized spacial score (nSPS) is 20.4. The minimum Gasteiger partial charge on any atom is -0.400 e. The van der Waals surface area contributed by atoms with Crippen molar-refractivity contribution >= 4 is 24.1 Å². The third-order valence-corrected chi connectivity index (χ3v) is 4.91. The molecule has 1 aromatic heterocycles. The number of H-pyrrole nitrogens is 1. The fourth-order valence-corrected chi connectivity index (χ4v) is 2.84. The molecule has 0 amide bonds. The molecule has 0 radical (unpaired) electrons. The SMILES string of the molecule is CNCC(=Cc1cccc2[nH]ccc12)B1OC(C)(C)C(C)(C)O1. The highest BCUT2D eigenvalue weighted by Gasteiger charge is 2.52. The number of hydrogen-bond donors (Lipinski definition) is 2. The number of hydrogen-bond acceptors (Lipinski definition) is 3. The highest BCUT2D eigenvalue weighted by Crippen LogP contribution is 2.38. The molecule has 0 bridgehead atoms. The van der Waals surface area contributed by atoms with Gasteiger partial charge in [0, 0.05) is 23.6 Å². The second-order valence-electron chi connectivity index (χ2n) is 7.12. The van der Waals surface area contributed by atoms with Crippen LogP contribution in [0.5, 0.6) is 0 Å². The van der Waals surface area contributed by atoms with Crippen LogP contribution in [0.2, 0.25) is 0 Å². The first-order valence-corrected chi connectivity index (χ1v) is 8.11. The van der Waals surface area contributed by atoms with E-state index in [4.69, 9.17) is 9.31 Å². The van der Waals surface area contributed by atoms with E-state index >= 15 is 0 Å². The molecule has 3 rings (SSSR count). The van der Waals surface area contributed by atoms with Crippen LogP contribution in [0.25, 0.3) is 17.0 Å². The van der Waals surface area contributed by atoms with Crippen molar-refractivity contribution in [3.8, 4) is 0 Å². The Labute approximate surface area is 138 Å². The van der Waals surface area contributed by atoms with Crippen LogP contribution in [0.1, 0.15) is 33.3 Å². The molecule has 2 aromatic rings. The van der Waals surface area contributed by atoms with Crippen LogP contribution in [0.15, 0.2) is 35.9 Å². The lowest BCUT2D eigenvalue weighted by Gasteiger charge is -2.32. The largest absolute Gasteiger partial charge is 0.491 e. The number of likely N-dealkylation sites (N-methyl/N-ethyl adjacent to an activating group) is 1. The van der Waals surface area contributed by atoms with Crippen molar-refractivity contribution in [3.63, 3.8) is 0 Å². The van der Waals surface area contributed by atoms with E-state index in [2.05, 4.69) is 68.3 Å². The molecule has 1 saturated heterocycles. The van der Waals surface area contributed by atoms with Gasteiger partial charge in [-0.2, -0.15) is 0 Å². The van der Waals surface area contributed by atoms with Crippen molar-refractivity contribution in [3.05, 3.63) is 41.5 Å². The smallest absolute Gasteiger partial charge is 0.400 e. The molecule has 1 aromatic carbocycles. The molecule has 2 heterocycles. The van der Waals surface area contributed by atoms with E-state index in [9.17, 15) is 0 Å². The molecule has 1 fully saturated rings. The zero-order chi connectivity index (χ0) is 16.7. The summed E-state index contributed by atoms with van der Waals surface area (Å²) in [6.07, 6.45) is 4.14. The molecule has 0 aliphatic carbocycles. The van der Waals surface area contributed by atoms with Crippen LogP contribution in [0.4, 0.5) is 0 Å². The Bertz CT molecular complexity index is 717. The molecule has 0 unspecified atom stereocenters. The number of aromatic nitrogens is 1. The summed E-state index contributed by atoms with van der Waals surface area (Å²) in [6, 6.07) is 8.37. The van der Waals surface area contributed by atoms with Gasteiger partial charge in [0.25, 0.3) is 0 Å². The van der Waals surface area contributed by atoms with Crippen LogP contribution < -0.4 is 5.32 Å². The minimum absolute atomic E-state index is 0.329. The third-order valence-electron chi connectivity index (χ3n) is 4.91. The van der Waals surface area contributed by atoms with Crippen LogP contribution in [0, 0.1) is 0 Å². The maximum absolute atomic E-state index is 6.21. The van der Waals surface area contributed by atoms with Gasteiger partial charge in [-0.25, -0.2) is 0 Å². The maximum Gasteiger partial charge on any atom is 0.491 e. The fourth-order valence-electron chi connectivity index (χ4n) is 2.84. The molecular formula is C18H25BN2O2. The van der Waals surface area contributed by atoms with Gasteiger partial charge in [-0.15, -0.1) is 0 Å². The maximum atomic E-state index is 6.21. The molecular weight excluding hydrogens is 287 g/mol. The first-order valence-electron chi connectivity index (χ1n) is 8.11. The average Bonchev–Trinajstić information content (AvgIpc) is 3.02. The van der Waals surface area contributed by atoms with Crippen molar-refractivity contribution in [2.45, 2.75) is 38.9 Å². The topological polar surface area (TPSA) is 46.3 Å². The van der Waals surface area contributed by atoms with Gasteiger partial charge in [-0.05, 0) is 57.9 Å². The lowest BCUT2D eigenvalue weighted by atomic mass is 9.76. The number of fused-ring (bicyclic) bond motifs is 1. The van der Waals surface area contributed by atoms with Gasteiger partial charge in [-0.3, -0.25) is 0 Å². The Hall–Kier alpha value is -1.56. The van der Waals surface area contributed by atoms with Crippen molar-refractivity contribution in [2.24, 2.45) is 0 Å². The molecule has 4 nitrogen and oxygen atoms in total. The summed E-state index contributed by atoms with van der Waals surface area (Å²) in [4.78, 5) is 3.25. The summed E-state index contributed by atoms with van der Waals surface area (Å²) >= 11 is 0. The summed E-state index contributed by atoms with van der Waals surface area (Å²) in [5.41, 5.74) is 2.75. The van der Waals surface area contributed by atoms with Crippen molar-refractivity contribution in [2.75, 3.05) is 13.6 Å². The summed E-state index contributed by atoms with van der Waals surface area (Å²) < 4.78 is 12.4. The van der Waals surface area contributed by atoms with E-state index in [1.54, 1.807) is 0 Å². The van der Waals surface area contributed by atoms with Crippen molar-refractivity contribution in [1.29, 1.82) is 0 Å². The fraction of sp³-hybridized carbons (Fsp3) is 0.444. The van der Waals surface area contributed by atoms with Gasteiger partial charge >= 0.3 is 7.12 Å². The van der Waals surface area contributed by atoms with Gasteiger partial charge in [-0.1, -0.05) is 18.2 Å². The molecule has 0 saturated carbocycles. The van der Waals surface area contributed by atoms with E-state index < -0.39 is 0 Å². The van der Waals surface area contributed by atoms with E-state index in [1.807, 2.05) is 13.2 Å². The second-order valence-corrected chi connectivity index (χ2v) is 7.12. The lowest BCUT2D eigenvalue weighted by Crippen LogP contribution is -2.41. The number of aromatic amines is 1. The summed E-state index contributed by atoms with van der Waals surface area (Å²) in [5, 5.41) is 4.43. The lowest BCUT2D eigenvalue weighted by molar-refractivity contribution is 0.00578. The highest BCUT2D eigenvalue weighted by atomic mass is 16.7. The van der Waals surface area contributed by atoms with E-state index in [-0.39, 0.29) is 18.3 Å². The second kappa shape index (κ2) is 5.82. The highest BCUT2D eigenvalue weighted by molar-refractivity contribution is 6.56. The first kappa shape index (κ1) is 16.3. The van der Waals surface area contributed by atoms with Crippen LogP contribution in [-0.4, -0.2) is 36.9 Å². The molecule has 0 spiro atoms. The molecule has 2 N–H and O–H groups in total. The van der Waals surface area contributed by atoms with E-state index in [1.165, 1.54) is 10.9 Å². The predicted octanol–water partition coefficient (Wildman–Crippen LogP) is 3.40. The van der Waals surface area contributed by atoms with Gasteiger partial charge in [0.05, 0.1) is 11.2 Å². The van der Waals surface area contributed by atoms with E-state index in [0.29, 0.717) is 0 Å². The standard InChI is InChI=1S/C18H25BN2O2/c1-17(2)18(3,4)23-19(22-17)14(12-20-5)11-13-7-6-8-16-15(13)9-10-21-16/h6-11,20-21H,12H2,1-5H3. The molecule has 5 heteroatoms. The third kappa shape index (κ3) is 2.96. The van der Waals surface area contributed by atoms with Crippen molar-refractivity contribution < 1.29 is 9.31 Å². The summed E-state index contributed by atoms with van der Waals surface area (Å²) in [6.45, 7) is 9.04.